The van der Waals surface area contributed by atoms with Crippen LogP contribution in [0.2, 0.25) is 0 Å². The molecule has 8 aliphatic rings. The summed E-state index contributed by atoms with van der Waals surface area (Å²) in [4.78, 5) is 4.22. The van der Waals surface area contributed by atoms with Gasteiger partial charge in [0.15, 0.2) is 11.5 Å². The molecule has 5 saturated carbocycles. The van der Waals surface area contributed by atoms with E-state index in [2.05, 4.69) is 42.3 Å². The third-order valence-electron chi connectivity index (χ3n) is 13.6. The summed E-state index contributed by atoms with van der Waals surface area (Å²) in [6.45, 7) is 6.84. The van der Waals surface area contributed by atoms with Gasteiger partial charge in [-0.25, -0.2) is 0 Å². The number of likely N-dealkylation sites (tertiary alicyclic amines) is 1. The summed E-state index contributed by atoms with van der Waals surface area (Å²) < 4.78 is 14.1. The number of rotatable bonds is 7. The van der Waals surface area contributed by atoms with Gasteiger partial charge in [0.1, 0.15) is 11.2 Å². The number of aliphatic hydroxyl groups is 1. The second kappa shape index (κ2) is 7.67. The maximum atomic E-state index is 12.5. The fourth-order valence-corrected chi connectivity index (χ4v) is 12.9. The molecule has 0 radical (unpaired) electrons. The highest BCUT2D eigenvalue weighted by atomic mass is 32.1. The normalized spacial score (nSPS) is 45.3. The zero-order chi connectivity index (χ0) is 27.3. The molecule has 214 valence electrons. The molecule has 4 bridgehead atoms. The van der Waals surface area contributed by atoms with Gasteiger partial charge >= 0.3 is 0 Å². The molecule has 6 aliphatic carbocycles. The first-order valence-corrected chi connectivity index (χ1v) is 16.6. The lowest BCUT2D eigenvalue weighted by Crippen LogP contribution is -2.80. The summed E-state index contributed by atoms with van der Waals surface area (Å²) in [5.74, 6) is 2.68. The smallest absolute Gasteiger partial charge is 0.165 e. The van der Waals surface area contributed by atoms with E-state index in [-0.39, 0.29) is 22.5 Å². The number of phenolic OH excluding ortho intramolecular Hbond substituents is 1. The van der Waals surface area contributed by atoms with Crippen molar-refractivity contribution < 1.29 is 19.7 Å². The number of hydrogen-bond donors (Lipinski definition) is 2. The number of fused-ring (bicyclic) bond motifs is 2. The van der Waals surface area contributed by atoms with Crippen LogP contribution in [0.4, 0.5) is 0 Å². The number of thiophene rings is 1. The van der Waals surface area contributed by atoms with Crippen LogP contribution in [-0.2, 0) is 24.0 Å². The lowest BCUT2D eigenvalue weighted by molar-refractivity contribution is -0.319. The first-order valence-electron chi connectivity index (χ1n) is 15.7. The molecule has 2 spiro atoms. The van der Waals surface area contributed by atoms with Crippen LogP contribution >= 0.6 is 11.3 Å². The minimum absolute atomic E-state index is 0.0360. The van der Waals surface area contributed by atoms with E-state index in [0.717, 1.165) is 50.9 Å². The molecule has 10 rings (SSSR count). The van der Waals surface area contributed by atoms with E-state index < -0.39 is 16.8 Å². The van der Waals surface area contributed by atoms with Crippen LogP contribution in [0.3, 0.4) is 0 Å². The van der Waals surface area contributed by atoms with Crippen molar-refractivity contribution in [3.8, 4) is 11.5 Å². The van der Waals surface area contributed by atoms with E-state index >= 15 is 0 Å². The van der Waals surface area contributed by atoms with Gasteiger partial charge in [0.2, 0.25) is 0 Å². The van der Waals surface area contributed by atoms with E-state index in [1.807, 2.05) is 13.2 Å². The number of nitrogens with zero attached hydrogens (tertiary/aromatic N) is 1. The van der Waals surface area contributed by atoms with Crippen LogP contribution in [0.15, 0.2) is 29.6 Å². The van der Waals surface area contributed by atoms with Crippen molar-refractivity contribution in [3.63, 3.8) is 0 Å². The third-order valence-corrected chi connectivity index (χ3v) is 14.5. The standard InChI is InChI=1S/C34H43NO4S/c1-30(37,11-10-22-5-4-14-40-22)26-17-32-12-13-34(26,38-3)31(2)28(32)24-15-23-21(8-9-25(36)27(23)39-31)16-33(24)19-35(29(32)33)18-20-6-7-20/h4-5,8-9,14,20,24,26,28-29,36-37H,6-7,10-13,15-19H2,1-3H3/t24?,26?,28-,29+,30-,31+,32+,33?,34?/m1/s1. The number of aryl methyl sites for hydroxylation is 1. The zero-order valence-corrected chi connectivity index (χ0v) is 24.9. The molecule has 1 aromatic heterocycles. The monoisotopic (exact) mass is 561 g/mol. The molecule has 2 N–H and O–H groups in total. The zero-order valence-electron chi connectivity index (χ0n) is 24.1. The Hall–Kier alpha value is -1.60. The second-order valence-electron chi connectivity index (χ2n) is 15.3. The van der Waals surface area contributed by atoms with Gasteiger partial charge < -0.3 is 19.7 Å². The Morgan fingerprint density at radius 1 is 1.20 bits per heavy atom. The minimum atomic E-state index is -0.889. The summed E-state index contributed by atoms with van der Waals surface area (Å²) in [5.41, 5.74) is 0.867. The van der Waals surface area contributed by atoms with E-state index in [4.69, 9.17) is 9.47 Å². The summed E-state index contributed by atoms with van der Waals surface area (Å²) in [6, 6.07) is 8.90. The van der Waals surface area contributed by atoms with Gasteiger partial charge in [-0.2, -0.15) is 0 Å². The van der Waals surface area contributed by atoms with Crippen LogP contribution in [-0.4, -0.2) is 58.2 Å². The van der Waals surface area contributed by atoms with Crippen molar-refractivity contribution in [2.45, 2.75) is 94.5 Å². The van der Waals surface area contributed by atoms with Crippen molar-refractivity contribution in [3.05, 3.63) is 45.6 Å². The van der Waals surface area contributed by atoms with Gasteiger partial charge in [-0.05, 0) is 112 Å². The third kappa shape index (κ3) is 2.77. The predicted molar refractivity (Wildman–Crippen MR) is 155 cm³/mol. The van der Waals surface area contributed by atoms with Gasteiger partial charge in [-0.1, -0.05) is 12.1 Å². The fraction of sp³-hybridized carbons (Fsp3) is 0.706. The first kappa shape index (κ1) is 24.9. The number of ether oxygens (including phenoxy) is 2. The van der Waals surface area contributed by atoms with Gasteiger partial charge in [0.05, 0.1) is 5.60 Å². The molecule has 5 nitrogen and oxygen atoms in total. The van der Waals surface area contributed by atoms with Crippen molar-refractivity contribution >= 4 is 11.3 Å². The summed E-state index contributed by atoms with van der Waals surface area (Å²) in [6.07, 6.45) is 9.54. The summed E-state index contributed by atoms with van der Waals surface area (Å²) in [7, 11) is 1.87. The Labute approximate surface area is 241 Å². The van der Waals surface area contributed by atoms with E-state index in [9.17, 15) is 10.2 Å². The second-order valence-corrected chi connectivity index (χ2v) is 16.3. The quantitative estimate of drug-likeness (QED) is 0.461. The molecule has 6 heteroatoms. The SMILES string of the molecule is COC12CC[C@@]3(CC1[C@](C)(O)CCc1cccs1)[C@@H]1N(CC4CC4)CC14Cc1ccc(O)c5c1CC4[C@@H]3[C@]2(C)O5. The Bertz CT molecular complexity index is 1390. The topological polar surface area (TPSA) is 62.2 Å². The Kier molecular flexibility index (Phi) is 4.78. The van der Waals surface area contributed by atoms with Gasteiger partial charge in [-0.15, -0.1) is 11.3 Å². The lowest BCUT2D eigenvalue weighted by Gasteiger charge is -2.71. The van der Waals surface area contributed by atoms with Crippen LogP contribution < -0.4 is 4.74 Å². The fourth-order valence-electron chi connectivity index (χ4n) is 12.2. The van der Waals surface area contributed by atoms with E-state index in [1.165, 1.54) is 41.9 Å². The van der Waals surface area contributed by atoms with E-state index in [1.54, 1.807) is 11.3 Å². The molecular formula is C34H43NO4S. The molecule has 1 saturated heterocycles. The largest absolute Gasteiger partial charge is 0.504 e. The molecule has 0 amide bonds. The number of phenols is 1. The van der Waals surface area contributed by atoms with Crippen molar-refractivity contribution in [2.24, 2.45) is 34.5 Å². The number of hydrogen-bond acceptors (Lipinski definition) is 6. The van der Waals surface area contributed by atoms with E-state index in [0.29, 0.717) is 23.6 Å². The molecule has 4 unspecified atom stereocenters. The van der Waals surface area contributed by atoms with Gasteiger partial charge in [-0.3, -0.25) is 4.90 Å². The highest BCUT2D eigenvalue weighted by Crippen LogP contribution is 2.81. The van der Waals surface area contributed by atoms with Crippen LogP contribution in [0.25, 0.3) is 0 Å². The lowest BCUT2D eigenvalue weighted by atomic mass is 9.40. The molecule has 1 aromatic carbocycles. The first-order chi connectivity index (χ1) is 19.2. The molecule has 3 heterocycles. The molecule has 40 heavy (non-hydrogen) atoms. The van der Waals surface area contributed by atoms with Gasteiger partial charge in [0.25, 0.3) is 0 Å². The Morgan fingerprint density at radius 3 is 2.80 bits per heavy atom. The summed E-state index contributed by atoms with van der Waals surface area (Å²) >= 11 is 1.78. The molecule has 2 aromatic rings. The van der Waals surface area contributed by atoms with Gasteiger partial charge in [0, 0.05) is 53.9 Å². The number of methoxy groups -OCH3 is 1. The molecular weight excluding hydrogens is 518 g/mol. The maximum absolute atomic E-state index is 12.5. The van der Waals surface area contributed by atoms with Crippen molar-refractivity contribution in [2.75, 3.05) is 20.2 Å². The molecule has 6 fully saturated rings. The molecule has 9 atom stereocenters. The highest BCUT2D eigenvalue weighted by Gasteiger charge is 2.86. The Balaban J connectivity index is 1.23. The highest BCUT2D eigenvalue weighted by molar-refractivity contribution is 7.09. The van der Waals surface area contributed by atoms with Crippen LogP contribution in [0.5, 0.6) is 11.5 Å². The van der Waals surface area contributed by atoms with Crippen LogP contribution in [0.1, 0.15) is 68.4 Å². The maximum Gasteiger partial charge on any atom is 0.165 e. The predicted octanol–water partition coefficient (Wildman–Crippen LogP) is 5.60. The average Bonchev–Trinajstić information content (AvgIpc) is 3.57. The van der Waals surface area contributed by atoms with Crippen LogP contribution in [0, 0.1) is 34.5 Å². The Morgan fingerprint density at radius 2 is 2.05 bits per heavy atom. The van der Waals surface area contributed by atoms with Crippen molar-refractivity contribution in [1.29, 1.82) is 0 Å². The minimum Gasteiger partial charge on any atom is -0.504 e. The number of aromatic hydroxyl groups is 1. The summed E-state index contributed by atoms with van der Waals surface area (Å²) in [5, 5.41) is 25.8. The van der Waals surface area contributed by atoms with Crippen molar-refractivity contribution in [1.82, 2.24) is 4.90 Å². The number of benzene rings is 1. The molecule has 2 aliphatic heterocycles. The average molecular weight is 562 g/mol.